The van der Waals surface area contributed by atoms with Crippen LogP contribution in [-0.2, 0) is 30.3 Å². The van der Waals surface area contributed by atoms with Crippen LogP contribution in [0.3, 0.4) is 0 Å². The first-order chi connectivity index (χ1) is 19.1. The Kier molecular flexibility index (Phi) is 15.3. The number of likely N-dealkylation sites (N-methyl/N-ethyl adjacent to an activating group) is 1. The molecule has 1 aromatic carbocycles. The number of amides is 2. The number of hydrogen-bond donors (Lipinski definition) is 4. The van der Waals surface area contributed by atoms with Gasteiger partial charge < -0.3 is 39.4 Å². The number of aliphatic hydroxyl groups is 1. The molecule has 11 heteroatoms. The van der Waals surface area contributed by atoms with Crippen LogP contribution in [0.4, 0.5) is 9.59 Å². The van der Waals surface area contributed by atoms with Crippen molar-refractivity contribution in [1.29, 1.82) is 0 Å². The van der Waals surface area contributed by atoms with Gasteiger partial charge in [-0.15, -0.1) is 0 Å². The van der Waals surface area contributed by atoms with Crippen molar-refractivity contribution in [1.82, 2.24) is 16.0 Å². The summed E-state index contributed by atoms with van der Waals surface area (Å²) in [6, 6.07) is 8.68. The van der Waals surface area contributed by atoms with Gasteiger partial charge in [-0.3, -0.25) is 5.32 Å². The fourth-order valence-electron chi connectivity index (χ4n) is 4.71. The van der Waals surface area contributed by atoms with Crippen molar-refractivity contribution < 1.29 is 38.4 Å². The van der Waals surface area contributed by atoms with E-state index in [1.807, 2.05) is 30.3 Å². The van der Waals surface area contributed by atoms with Crippen molar-refractivity contribution in [2.45, 2.75) is 95.9 Å². The maximum atomic E-state index is 12.9. The lowest BCUT2D eigenvalue weighted by Crippen LogP contribution is -2.61. The average molecular weight is 568 g/mol. The Bertz CT molecular complexity index is 845. The molecule has 0 heterocycles. The normalized spacial score (nSPS) is 17.4. The van der Waals surface area contributed by atoms with Crippen molar-refractivity contribution in [3.63, 3.8) is 0 Å². The van der Waals surface area contributed by atoms with E-state index in [1.165, 1.54) is 6.42 Å². The van der Waals surface area contributed by atoms with Gasteiger partial charge in [-0.25, -0.2) is 9.59 Å². The van der Waals surface area contributed by atoms with Crippen molar-refractivity contribution in [2.75, 3.05) is 34.2 Å². The molecule has 1 aliphatic rings. The number of carbonyl (C=O) groups is 2. The lowest BCUT2D eigenvalue weighted by molar-refractivity contribution is -0.147. The molecule has 228 valence electrons. The van der Waals surface area contributed by atoms with Crippen LogP contribution in [0.5, 0.6) is 0 Å². The molecule has 40 heavy (non-hydrogen) atoms. The molecule has 0 saturated heterocycles. The first kappa shape index (κ1) is 33.8. The Morgan fingerprint density at radius 1 is 1.02 bits per heavy atom. The van der Waals surface area contributed by atoms with E-state index in [0.717, 1.165) is 31.2 Å². The summed E-state index contributed by atoms with van der Waals surface area (Å²) in [5.74, 6) is 0.346. The third-order valence-corrected chi connectivity index (χ3v) is 6.66. The van der Waals surface area contributed by atoms with E-state index in [2.05, 4.69) is 16.0 Å². The molecular weight excluding hydrogens is 518 g/mol. The zero-order valence-corrected chi connectivity index (χ0v) is 24.6. The zero-order valence-electron chi connectivity index (χ0n) is 24.6. The highest BCUT2D eigenvalue weighted by Crippen LogP contribution is 2.29. The van der Waals surface area contributed by atoms with Crippen LogP contribution in [0.1, 0.15) is 64.9 Å². The fourth-order valence-corrected chi connectivity index (χ4v) is 4.71. The summed E-state index contributed by atoms with van der Waals surface area (Å²) in [5, 5.41) is 20.1. The molecule has 0 aliphatic heterocycles. The van der Waals surface area contributed by atoms with Gasteiger partial charge in [0.1, 0.15) is 37.4 Å². The number of benzene rings is 1. The Morgan fingerprint density at radius 3 is 2.35 bits per heavy atom. The predicted octanol–water partition coefficient (Wildman–Crippen LogP) is 3.69. The topological polar surface area (TPSA) is 137 Å². The second-order valence-electron chi connectivity index (χ2n) is 11.1. The largest absolute Gasteiger partial charge is 0.445 e. The van der Waals surface area contributed by atoms with E-state index in [0.29, 0.717) is 25.6 Å². The van der Waals surface area contributed by atoms with Gasteiger partial charge in [0.05, 0.1) is 19.3 Å². The minimum absolute atomic E-state index is 0.0803. The minimum atomic E-state index is -1.27. The van der Waals surface area contributed by atoms with E-state index in [-0.39, 0.29) is 13.4 Å². The molecule has 4 atom stereocenters. The van der Waals surface area contributed by atoms with Crippen molar-refractivity contribution >= 4 is 12.2 Å². The number of carbonyl (C=O) groups excluding carboxylic acids is 2. The van der Waals surface area contributed by atoms with Gasteiger partial charge in [-0.05, 0) is 45.7 Å². The van der Waals surface area contributed by atoms with Crippen LogP contribution in [-0.4, -0.2) is 81.5 Å². The maximum Gasteiger partial charge on any atom is 0.408 e. The molecule has 1 unspecified atom stereocenters. The summed E-state index contributed by atoms with van der Waals surface area (Å²) >= 11 is 0. The van der Waals surface area contributed by atoms with E-state index in [1.54, 1.807) is 34.9 Å². The molecule has 0 spiro atoms. The van der Waals surface area contributed by atoms with E-state index in [4.69, 9.17) is 23.7 Å². The Hall–Kier alpha value is -2.44. The molecular formula is C29H49N3O8. The van der Waals surface area contributed by atoms with Gasteiger partial charge in [-0.1, -0.05) is 62.4 Å². The standard InChI is InChI=1S/C29H49N3O8/c1-29(2,3)40-28(35)31-23(18-21-12-8-6-9-13-21)25(39-20-37-17-16-36-5)24(33)26(30-4)32-27(34)38-19-22-14-10-7-11-15-22/h7,10-11,14-15,21,23-26,30,33H,6,8-9,12-13,16-20H2,1-5H3,(H,31,35)(H,32,34)/t23-,24+,25+,26?/m0/s1. The molecule has 0 bridgehead atoms. The summed E-state index contributed by atoms with van der Waals surface area (Å²) in [6.07, 6.45) is 1.58. The lowest BCUT2D eigenvalue weighted by atomic mass is 9.83. The van der Waals surface area contributed by atoms with Crippen molar-refractivity contribution in [2.24, 2.45) is 5.92 Å². The molecule has 1 saturated carbocycles. The van der Waals surface area contributed by atoms with E-state index < -0.39 is 42.2 Å². The van der Waals surface area contributed by atoms with Gasteiger partial charge in [-0.2, -0.15) is 0 Å². The summed E-state index contributed by atoms with van der Waals surface area (Å²) in [7, 11) is 3.18. The van der Waals surface area contributed by atoms with Crippen LogP contribution < -0.4 is 16.0 Å². The van der Waals surface area contributed by atoms with E-state index in [9.17, 15) is 14.7 Å². The molecule has 2 rings (SSSR count). The van der Waals surface area contributed by atoms with Crippen LogP contribution >= 0.6 is 0 Å². The molecule has 0 radical (unpaired) electrons. The molecule has 4 N–H and O–H groups in total. The predicted molar refractivity (Wildman–Crippen MR) is 151 cm³/mol. The number of ether oxygens (including phenoxy) is 5. The van der Waals surface area contributed by atoms with Crippen molar-refractivity contribution in [3.8, 4) is 0 Å². The van der Waals surface area contributed by atoms with Crippen LogP contribution in [0.25, 0.3) is 0 Å². The first-order valence-electron chi connectivity index (χ1n) is 14.1. The van der Waals surface area contributed by atoms with Gasteiger partial charge in [0.25, 0.3) is 0 Å². The zero-order chi connectivity index (χ0) is 29.4. The number of nitrogens with one attached hydrogen (secondary N) is 3. The van der Waals surface area contributed by atoms with Gasteiger partial charge in [0, 0.05) is 7.11 Å². The second kappa shape index (κ2) is 18.1. The van der Waals surface area contributed by atoms with Crippen LogP contribution in [0.2, 0.25) is 0 Å². The second-order valence-corrected chi connectivity index (χ2v) is 11.1. The summed E-state index contributed by atoms with van der Waals surface area (Å²) < 4.78 is 27.5. The quantitative estimate of drug-likeness (QED) is 0.174. The fraction of sp³-hybridized carbons (Fsp3) is 0.724. The molecule has 1 aromatic rings. The maximum absolute atomic E-state index is 12.9. The third kappa shape index (κ3) is 13.3. The monoisotopic (exact) mass is 567 g/mol. The number of rotatable bonds is 16. The molecule has 0 aromatic heterocycles. The Labute approximate surface area is 238 Å². The SMILES string of the molecule is CNC(NC(=O)OCc1ccccc1)[C@H](O)[C@H](OCOCCOC)[C@H](CC1CCCCC1)NC(=O)OC(C)(C)C. The summed E-state index contributed by atoms with van der Waals surface area (Å²) in [5.41, 5.74) is 0.137. The number of alkyl carbamates (subject to hydrolysis) is 2. The van der Waals surface area contributed by atoms with Gasteiger partial charge in [0.15, 0.2) is 0 Å². The Balaban J connectivity index is 2.19. The summed E-state index contributed by atoms with van der Waals surface area (Å²) in [4.78, 5) is 25.5. The Morgan fingerprint density at radius 2 is 1.73 bits per heavy atom. The summed E-state index contributed by atoms with van der Waals surface area (Å²) in [6.45, 7) is 5.98. The lowest BCUT2D eigenvalue weighted by Gasteiger charge is -2.37. The first-order valence-corrected chi connectivity index (χ1v) is 14.1. The minimum Gasteiger partial charge on any atom is -0.445 e. The highest BCUT2D eigenvalue weighted by atomic mass is 16.7. The molecule has 1 fully saturated rings. The molecule has 11 nitrogen and oxygen atoms in total. The van der Waals surface area contributed by atoms with E-state index >= 15 is 0 Å². The average Bonchev–Trinajstić information content (AvgIpc) is 2.92. The number of hydrogen-bond acceptors (Lipinski definition) is 9. The smallest absolute Gasteiger partial charge is 0.408 e. The number of aliphatic hydroxyl groups excluding tert-OH is 1. The van der Waals surface area contributed by atoms with Gasteiger partial charge >= 0.3 is 12.2 Å². The van der Waals surface area contributed by atoms with Crippen LogP contribution in [0, 0.1) is 5.92 Å². The number of methoxy groups -OCH3 is 1. The van der Waals surface area contributed by atoms with Crippen LogP contribution in [0.15, 0.2) is 30.3 Å². The highest BCUT2D eigenvalue weighted by Gasteiger charge is 2.38. The third-order valence-electron chi connectivity index (χ3n) is 6.66. The molecule has 1 aliphatic carbocycles. The van der Waals surface area contributed by atoms with Crippen molar-refractivity contribution in [3.05, 3.63) is 35.9 Å². The molecule has 2 amide bonds. The highest BCUT2D eigenvalue weighted by molar-refractivity contribution is 5.68. The van der Waals surface area contributed by atoms with Gasteiger partial charge in [0.2, 0.25) is 0 Å².